The smallest absolute Gasteiger partial charge is 0.250 e. The zero-order chi connectivity index (χ0) is 16.8. The van der Waals surface area contributed by atoms with Gasteiger partial charge in [0.15, 0.2) is 5.11 Å². The maximum absolute atomic E-state index is 11.8. The van der Waals surface area contributed by atoms with Crippen molar-refractivity contribution in [3.8, 4) is 5.75 Å². The Morgan fingerprint density at radius 2 is 1.91 bits per heavy atom. The average molecular weight is 347 g/mol. The number of aromatic hydroxyl groups is 1. The predicted octanol–water partition coefficient (Wildman–Crippen LogP) is 3.88. The van der Waals surface area contributed by atoms with Crippen molar-refractivity contribution in [2.24, 2.45) is 0 Å². The molecule has 0 spiro atoms. The molecule has 0 atom stereocenters. The summed E-state index contributed by atoms with van der Waals surface area (Å²) < 4.78 is 0. The molecule has 3 N–H and O–H groups in total. The molecule has 0 saturated carbocycles. The van der Waals surface area contributed by atoms with E-state index in [0.29, 0.717) is 10.7 Å². The molecule has 4 nitrogen and oxygen atoms in total. The third-order valence-electron chi connectivity index (χ3n) is 2.95. The molecule has 2 rings (SSSR count). The molecule has 118 valence electrons. The lowest BCUT2D eigenvalue weighted by Gasteiger charge is -2.10. The van der Waals surface area contributed by atoms with Gasteiger partial charge in [-0.15, -0.1) is 0 Å². The molecule has 0 aliphatic carbocycles. The van der Waals surface area contributed by atoms with Gasteiger partial charge in [-0.05, 0) is 49.0 Å². The zero-order valence-corrected chi connectivity index (χ0v) is 13.9. The van der Waals surface area contributed by atoms with Gasteiger partial charge in [0.2, 0.25) is 5.91 Å². The largest absolute Gasteiger partial charge is 0.506 e. The molecular weight excluding hydrogens is 332 g/mol. The van der Waals surface area contributed by atoms with Crippen molar-refractivity contribution in [1.29, 1.82) is 0 Å². The molecule has 0 heterocycles. The van der Waals surface area contributed by atoms with Crippen LogP contribution in [-0.4, -0.2) is 16.1 Å². The second kappa shape index (κ2) is 7.76. The Bertz CT molecular complexity index is 758. The highest BCUT2D eigenvalue weighted by molar-refractivity contribution is 7.80. The number of anilines is 1. The Kier molecular flexibility index (Phi) is 5.73. The molecule has 6 heteroatoms. The van der Waals surface area contributed by atoms with Crippen molar-refractivity contribution >= 4 is 46.6 Å². The Morgan fingerprint density at radius 3 is 2.61 bits per heavy atom. The molecule has 0 radical (unpaired) electrons. The van der Waals surface area contributed by atoms with Crippen LogP contribution in [0.1, 0.15) is 11.1 Å². The van der Waals surface area contributed by atoms with Crippen LogP contribution in [0.15, 0.2) is 48.5 Å². The third kappa shape index (κ3) is 5.39. The average Bonchev–Trinajstić information content (AvgIpc) is 2.50. The van der Waals surface area contributed by atoms with Crippen LogP contribution in [0.5, 0.6) is 5.75 Å². The molecule has 0 aromatic heterocycles. The van der Waals surface area contributed by atoms with Gasteiger partial charge >= 0.3 is 0 Å². The van der Waals surface area contributed by atoms with Gasteiger partial charge in [0.25, 0.3) is 0 Å². The second-order valence-corrected chi connectivity index (χ2v) is 5.69. The quantitative estimate of drug-likeness (QED) is 0.448. The van der Waals surface area contributed by atoms with Crippen LogP contribution in [0.25, 0.3) is 6.08 Å². The number of amides is 1. The molecule has 2 aromatic rings. The van der Waals surface area contributed by atoms with E-state index in [2.05, 4.69) is 10.6 Å². The lowest BCUT2D eigenvalue weighted by Crippen LogP contribution is -2.32. The minimum atomic E-state index is -0.371. The van der Waals surface area contributed by atoms with Gasteiger partial charge < -0.3 is 10.4 Å². The summed E-state index contributed by atoms with van der Waals surface area (Å²) in [5.41, 5.74) is 2.39. The molecule has 0 aliphatic rings. The highest BCUT2D eigenvalue weighted by Crippen LogP contribution is 2.26. The van der Waals surface area contributed by atoms with E-state index in [1.807, 2.05) is 31.2 Å². The Morgan fingerprint density at radius 1 is 1.22 bits per heavy atom. The molecule has 0 bridgehead atoms. The van der Waals surface area contributed by atoms with Crippen LogP contribution < -0.4 is 10.6 Å². The van der Waals surface area contributed by atoms with Crippen LogP contribution in [0.2, 0.25) is 5.02 Å². The highest BCUT2D eigenvalue weighted by Gasteiger charge is 2.06. The maximum atomic E-state index is 11.8. The summed E-state index contributed by atoms with van der Waals surface area (Å²) >= 11 is 10.9. The fourth-order valence-electron chi connectivity index (χ4n) is 1.76. The number of benzene rings is 2. The summed E-state index contributed by atoms with van der Waals surface area (Å²) in [5.74, 6) is -0.384. The van der Waals surface area contributed by atoms with Crippen LogP contribution in [-0.2, 0) is 4.79 Å². The Hall–Kier alpha value is -2.37. The van der Waals surface area contributed by atoms with E-state index in [1.165, 1.54) is 18.2 Å². The zero-order valence-electron chi connectivity index (χ0n) is 12.3. The van der Waals surface area contributed by atoms with Gasteiger partial charge in [-0.25, -0.2) is 0 Å². The molecule has 0 unspecified atom stereocenters. The Balaban J connectivity index is 1.93. The van der Waals surface area contributed by atoms with E-state index in [9.17, 15) is 9.90 Å². The van der Waals surface area contributed by atoms with Gasteiger partial charge in [-0.1, -0.05) is 41.4 Å². The molecule has 0 aliphatic heterocycles. The van der Waals surface area contributed by atoms with Gasteiger partial charge in [-0.3, -0.25) is 10.1 Å². The number of phenols is 1. The fraction of sp³-hybridized carbons (Fsp3) is 0.0588. The first-order valence-electron chi connectivity index (χ1n) is 6.79. The van der Waals surface area contributed by atoms with Crippen molar-refractivity contribution in [2.45, 2.75) is 6.92 Å². The predicted molar refractivity (Wildman–Crippen MR) is 97.7 cm³/mol. The second-order valence-electron chi connectivity index (χ2n) is 4.85. The number of nitrogens with one attached hydrogen (secondary N) is 2. The number of halogens is 1. The van der Waals surface area contributed by atoms with Crippen LogP contribution in [0.4, 0.5) is 5.69 Å². The number of aryl methyl sites for hydroxylation is 1. The number of rotatable bonds is 3. The van der Waals surface area contributed by atoms with Gasteiger partial charge in [0, 0.05) is 11.1 Å². The summed E-state index contributed by atoms with van der Waals surface area (Å²) in [6.45, 7) is 2.00. The lowest BCUT2D eigenvalue weighted by molar-refractivity contribution is -0.115. The summed E-state index contributed by atoms with van der Waals surface area (Å²) in [5, 5.41) is 15.4. The number of carbonyl (C=O) groups excluding carboxylic acids is 1. The van der Waals surface area contributed by atoms with Gasteiger partial charge in [0.1, 0.15) is 5.75 Å². The summed E-state index contributed by atoms with van der Waals surface area (Å²) in [6.07, 6.45) is 3.07. The standard InChI is InChI=1S/C17H15ClN2O2S/c1-11-2-4-12(5-3-11)6-9-16(22)20-17(23)19-14-10-13(18)7-8-15(14)21/h2-10,21H,1H3,(H2,19,20,22,23). The molecule has 0 fully saturated rings. The number of carbonyl (C=O) groups is 1. The van der Waals surface area contributed by atoms with E-state index in [1.54, 1.807) is 12.1 Å². The first-order valence-corrected chi connectivity index (χ1v) is 7.58. The van der Waals surface area contributed by atoms with Crippen LogP contribution in [0, 0.1) is 6.92 Å². The first-order chi connectivity index (χ1) is 10.9. The highest BCUT2D eigenvalue weighted by atomic mass is 35.5. The van der Waals surface area contributed by atoms with Crippen molar-refractivity contribution in [3.63, 3.8) is 0 Å². The SMILES string of the molecule is Cc1ccc(C=CC(=O)NC(=S)Nc2cc(Cl)ccc2O)cc1. The monoisotopic (exact) mass is 346 g/mol. The summed E-state index contributed by atoms with van der Waals surface area (Å²) in [4.78, 5) is 11.8. The molecule has 0 saturated heterocycles. The van der Waals surface area contributed by atoms with E-state index >= 15 is 0 Å². The molecule has 2 aromatic carbocycles. The number of hydrogen-bond acceptors (Lipinski definition) is 3. The van der Waals surface area contributed by atoms with E-state index < -0.39 is 0 Å². The number of phenolic OH excluding ortho intramolecular Hbond substituents is 1. The summed E-state index contributed by atoms with van der Waals surface area (Å²) in [6, 6.07) is 12.3. The van der Waals surface area contributed by atoms with Gasteiger partial charge in [-0.2, -0.15) is 0 Å². The Labute approximate surface area is 144 Å². The minimum Gasteiger partial charge on any atom is -0.506 e. The lowest BCUT2D eigenvalue weighted by atomic mass is 10.1. The maximum Gasteiger partial charge on any atom is 0.250 e. The van der Waals surface area contributed by atoms with Crippen molar-refractivity contribution in [3.05, 3.63) is 64.7 Å². The molecule has 1 amide bonds. The first kappa shape index (κ1) is 17.0. The normalized spacial score (nSPS) is 10.5. The van der Waals surface area contributed by atoms with Crippen molar-refractivity contribution < 1.29 is 9.90 Å². The third-order valence-corrected chi connectivity index (χ3v) is 3.39. The molecule has 23 heavy (non-hydrogen) atoms. The topological polar surface area (TPSA) is 61.4 Å². The van der Waals surface area contributed by atoms with Crippen molar-refractivity contribution in [1.82, 2.24) is 5.32 Å². The number of thiocarbonyl (C=S) groups is 1. The fourth-order valence-corrected chi connectivity index (χ4v) is 2.15. The minimum absolute atomic E-state index is 0.0128. The van der Waals surface area contributed by atoms with Gasteiger partial charge in [0.05, 0.1) is 5.69 Å². The van der Waals surface area contributed by atoms with Crippen molar-refractivity contribution in [2.75, 3.05) is 5.32 Å². The van der Waals surface area contributed by atoms with Crippen LogP contribution >= 0.6 is 23.8 Å². The molecular formula is C17H15ClN2O2S. The van der Waals surface area contributed by atoms with E-state index in [0.717, 1.165) is 11.1 Å². The van der Waals surface area contributed by atoms with Crippen LogP contribution in [0.3, 0.4) is 0 Å². The number of hydrogen-bond donors (Lipinski definition) is 3. The summed E-state index contributed by atoms with van der Waals surface area (Å²) in [7, 11) is 0. The van der Waals surface area contributed by atoms with E-state index in [-0.39, 0.29) is 16.8 Å². The van der Waals surface area contributed by atoms with E-state index in [4.69, 9.17) is 23.8 Å².